The normalized spacial score (nSPS) is 12.7. The number of benzene rings is 1. The van der Waals surface area contributed by atoms with Gasteiger partial charge in [0.15, 0.2) is 0 Å². The van der Waals surface area contributed by atoms with Crippen molar-refractivity contribution in [3.8, 4) is 0 Å². The summed E-state index contributed by atoms with van der Waals surface area (Å²) in [6.45, 7) is 1.29. The van der Waals surface area contributed by atoms with E-state index in [4.69, 9.17) is 24.9 Å². The number of hydrogen-bond donors (Lipinski definition) is 3. The van der Waals surface area contributed by atoms with Crippen LogP contribution in [0.4, 0.5) is 5.69 Å². The van der Waals surface area contributed by atoms with E-state index in [0.29, 0.717) is 32.5 Å². The molecule has 1 atom stereocenters. The van der Waals surface area contributed by atoms with Crippen LogP contribution in [0.25, 0.3) is 0 Å². The fourth-order valence-corrected chi connectivity index (χ4v) is 3.48. The summed E-state index contributed by atoms with van der Waals surface area (Å²) in [6.07, 6.45) is 0.996. The van der Waals surface area contributed by atoms with Crippen molar-refractivity contribution in [3.05, 3.63) is 29.8 Å². The highest BCUT2D eigenvalue weighted by molar-refractivity contribution is 7.86. The van der Waals surface area contributed by atoms with E-state index in [1.54, 1.807) is 19.2 Å². The number of nitrogens with zero attached hydrogens (tertiary/aromatic N) is 1. The SMILES string of the molecule is COCCN(CCOS(=O)(=O)CCCCO)c1ccc(CC(N)C(=O)O)cc1. The quantitative estimate of drug-likeness (QED) is 0.269. The number of aliphatic hydroxyl groups is 1. The van der Waals surface area contributed by atoms with Gasteiger partial charge >= 0.3 is 5.97 Å². The van der Waals surface area contributed by atoms with Crippen LogP contribution >= 0.6 is 0 Å². The third kappa shape index (κ3) is 9.47. The fourth-order valence-electron chi connectivity index (χ4n) is 2.48. The van der Waals surface area contributed by atoms with Crippen molar-refractivity contribution in [2.75, 3.05) is 50.7 Å². The average molecular weight is 419 g/mol. The van der Waals surface area contributed by atoms with Crippen LogP contribution in [0, 0.1) is 0 Å². The third-order valence-electron chi connectivity index (χ3n) is 4.07. The van der Waals surface area contributed by atoms with E-state index in [2.05, 4.69) is 0 Å². The summed E-state index contributed by atoms with van der Waals surface area (Å²) in [6, 6.07) is 6.29. The van der Waals surface area contributed by atoms with Crippen LogP contribution in [0.15, 0.2) is 24.3 Å². The van der Waals surface area contributed by atoms with Crippen LogP contribution < -0.4 is 10.6 Å². The molecule has 160 valence electrons. The lowest BCUT2D eigenvalue weighted by Gasteiger charge is -2.24. The van der Waals surface area contributed by atoms with Crippen LogP contribution in [0.2, 0.25) is 0 Å². The molecule has 1 aromatic carbocycles. The van der Waals surface area contributed by atoms with Crippen molar-refractivity contribution < 1.29 is 32.3 Å². The van der Waals surface area contributed by atoms with Gasteiger partial charge in [-0.25, -0.2) is 0 Å². The Morgan fingerprint density at radius 2 is 1.82 bits per heavy atom. The molecule has 28 heavy (non-hydrogen) atoms. The first-order valence-corrected chi connectivity index (χ1v) is 10.7. The first-order chi connectivity index (χ1) is 13.3. The van der Waals surface area contributed by atoms with E-state index >= 15 is 0 Å². The van der Waals surface area contributed by atoms with Crippen molar-refractivity contribution in [2.24, 2.45) is 5.73 Å². The molecular formula is C18H30N2O7S. The summed E-state index contributed by atoms with van der Waals surface area (Å²) in [5.41, 5.74) is 7.19. The van der Waals surface area contributed by atoms with Crippen molar-refractivity contribution in [3.63, 3.8) is 0 Å². The highest BCUT2D eigenvalue weighted by Crippen LogP contribution is 2.16. The molecule has 0 heterocycles. The summed E-state index contributed by atoms with van der Waals surface area (Å²) < 4.78 is 33.8. The highest BCUT2D eigenvalue weighted by Gasteiger charge is 2.14. The molecule has 0 aromatic heterocycles. The van der Waals surface area contributed by atoms with Gasteiger partial charge in [-0.1, -0.05) is 12.1 Å². The maximum absolute atomic E-state index is 11.8. The maximum atomic E-state index is 11.8. The first kappa shape index (κ1) is 24.3. The topological polar surface area (TPSA) is 139 Å². The minimum Gasteiger partial charge on any atom is -0.480 e. The minimum absolute atomic E-state index is 0.00316. The number of carboxylic acid groups (broad SMARTS) is 1. The van der Waals surface area contributed by atoms with E-state index in [1.807, 2.05) is 17.0 Å². The standard InChI is InChI=1S/C18H30N2O7S/c1-26-11-8-20(9-12-27-28(24,25)13-3-2-10-21)16-6-4-15(5-7-16)14-17(19)18(22)23/h4-7,17,21H,2-3,8-14,19H2,1H3,(H,22,23). The number of aliphatic carboxylic acids is 1. The van der Waals surface area contributed by atoms with Gasteiger partial charge in [0.05, 0.1) is 19.0 Å². The van der Waals surface area contributed by atoms with Gasteiger partial charge in [-0.15, -0.1) is 0 Å². The van der Waals surface area contributed by atoms with E-state index < -0.39 is 22.1 Å². The number of rotatable bonds is 15. The molecule has 0 amide bonds. The number of carbonyl (C=O) groups is 1. The molecule has 0 radical (unpaired) electrons. The number of methoxy groups -OCH3 is 1. The van der Waals surface area contributed by atoms with Crippen molar-refractivity contribution in [1.82, 2.24) is 0 Å². The fraction of sp³-hybridized carbons (Fsp3) is 0.611. The summed E-state index contributed by atoms with van der Waals surface area (Å²) in [5.74, 6) is -1.17. The Labute approximate surface area is 166 Å². The minimum atomic E-state index is -3.62. The molecular weight excluding hydrogens is 388 g/mol. The zero-order valence-corrected chi connectivity index (χ0v) is 16.9. The summed E-state index contributed by atoms with van der Waals surface area (Å²) >= 11 is 0. The number of aliphatic hydroxyl groups excluding tert-OH is 1. The second-order valence-corrected chi connectivity index (χ2v) is 8.07. The van der Waals surface area contributed by atoms with Gasteiger partial charge in [-0.3, -0.25) is 8.98 Å². The van der Waals surface area contributed by atoms with Crippen molar-refractivity contribution >= 4 is 21.8 Å². The number of ether oxygens (including phenoxy) is 1. The molecule has 1 rings (SSSR count). The molecule has 0 saturated heterocycles. The number of anilines is 1. The zero-order valence-electron chi connectivity index (χ0n) is 16.1. The molecule has 0 fully saturated rings. The Morgan fingerprint density at radius 3 is 2.39 bits per heavy atom. The Hall–Kier alpha value is -1.72. The Kier molecular flexibility index (Phi) is 11.0. The first-order valence-electron chi connectivity index (χ1n) is 9.08. The predicted molar refractivity (Wildman–Crippen MR) is 106 cm³/mol. The lowest BCUT2D eigenvalue weighted by atomic mass is 10.1. The van der Waals surface area contributed by atoms with Crippen LogP contribution in [-0.2, 0) is 30.3 Å². The van der Waals surface area contributed by atoms with Crippen LogP contribution in [0.3, 0.4) is 0 Å². The van der Waals surface area contributed by atoms with Gasteiger partial charge in [0, 0.05) is 32.5 Å². The number of hydrogen-bond acceptors (Lipinski definition) is 8. The largest absolute Gasteiger partial charge is 0.480 e. The van der Waals surface area contributed by atoms with Crippen LogP contribution in [0.5, 0.6) is 0 Å². The van der Waals surface area contributed by atoms with Crippen LogP contribution in [0.1, 0.15) is 18.4 Å². The van der Waals surface area contributed by atoms with Gasteiger partial charge in [-0.2, -0.15) is 8.42 Å². The monoisotopic (exact) mass is 418 g/mol. The molecule has 0 spiro atoms. The molecule has 9 nitrogen and oxygen atoms in total. The van der Waals surface area contributed by atoms with E-state index in [9.17, 15) is 13.2 Å². The van der Waals surface area contributed by atoms with Crippen molar-refractivity contribution in [2.45, 2.75) is 25.3 Å². The lowest BCUT2D eigenvalue weighted by molar-refractivity contribution is -0.138. The third-order valence-corrected chi connectivity index (χ3v) is 5.38. The predicted octanol–water partition coefficient (Wildman–Crippen LogP) is 0.213. The van der Waals surface area contributed by atoms with E-state index in [1.165, 1.54) is 0 Å². The summed E-state index contributed by atoms with van der Waals surface area (Å²) in [5, 5.41) is 17.6. The zero-order chi connectivity index (χ0) is 21.0. The number of unbranched alkanes of at least 4 members (excludes halogenated alkanes) is 1. The number of nitrogens with two attached hydrogens (primary N) is 1. The Balaban J connectivity index is 2.65. The highest BCUT2D eigenvalue weighted by atomic mass is 32.2. The molecule has 1 unspecified atom stereocenters. The molecule has 0 aliphatic rings. The van der Waals surface area contributed by atoms with Gasteiger partial charge in [0.25, 0.3) is 10.1 Å². The molecule has 0 aliphatic heterocycles. The van der Waals surface area contributed by atoms with Gasteiger partial charge < -0.3 is 25.6 Å². The molecule has 0 saturated carbocycles. The van der Waals surface area contributed by atoms with Gasteiger partial charge in [0.1, 0.15) is 6.04 Å². The lowest BCUT2D eigenvalue weighted by Crippen LogP contribution is -2.32. The van der Waals surface area contributed by atoms with Gasteiger partial charge in [0.2, 0.25) is 0 Å². The Morgan fingerprint density at radius 1 is 1.18 bits per heavy atom. The molecule has 0 bridgehead atoms. The molecule has 1 aromatic rings. The van der Waals surface area contributed by atoms with Crippen LogP contribution in [-0.4, -0.2) is 76.4 Å². The maximum Gasteiger partial charge on any atom is 0.320 e. The number of carboxylic acids is 1. The second-order valence-electron chi connectivity index (χ2n) is 6.31. The smallest absolute Gasteiger partial charge is 0.320 e. The molecule has 10 heteroatoms. The van der Waals surface area contributed by atoms with E-state index in [0.717, 1.165) is 11.3 Å². The molecule has 4 N–H and O–H groups in total. The average Bonchev–Trinajstić information content (AvgIpc) is 2.65. The summed E-state index contributed by atoms with van der Waals surface area (Å²) in [4.78, 5) is 12.8. The van der Waals surface area contributed by atoms with E-state index in [-0.39, 0.29) is 25.4 Å². The summed E-state index contributed by atoms with van der Waals surface area (Å²) in [7, 11) is -2.04. The molecule has 0 aliphatic carbocycles. The van der Waals surface area contributed by atoms with Gasteiger partial charge in [-0.05, 0) is 37.0 Å². The van der Waals surface area contributed by atoms with Crippen molar-refractivity contribution in [1.29, 1.82) is 0 Å². The second kappa shape index (κ2) is 12.7. The Bertz CT molecular complexity index is 680.